The maximum absolute atomic E-state index is 13.0. The molecule has 1 aromatic heterocycles. The van der Waals surface area contributed by atoms with Gasteiger partial charge in [-0.05, 0) is 37.3 Å². The van der Waals surface area contributed by atoms with Crippen molar-refractivity contribution in [3.05, 3.63) is 98.8 Å². The number of nitrogens with one attached hydrogen (secondary N) is 1. The Bertz CT molecular complexity index is 1400. The highest BCUT2D eigenvalue weighted by Crippen LogP contribution is 2.35. The number of rotatable bonds is 4. The topological polar surface area (TPSA) is 79.4 Å². The molecule has 0 fully saturated rings. The maximum atomic E-state index is 13.0. The van der Waals surface area contributed by atoms with Crippen LogP contribution in [0.25, 0.3) is 11.3 Å². The molecular weight excluding hydrogens is 458 g/mol. The van der Waals surface area contributed by atoms with Gasteiger partial charge in [0.25, 0.3) is 17.7 Å². The second-order valence-corrected chi connectivity index (χ2v) is 9.00. The van der Waals surface area contributed by atoms with Gasteiger partial charge in [-0.2, -0.15) is 0 Å². The minimum atomic E-state index is -0.429. The molecule has 0 unspecified atom stereocenters. The third-order valence-corrected chi connectivity index (χ3v) is 6.50. The lowest BCUT2D eigenvalue weighted by Gasteiger charge is -2.16. The molecule has 1 aliphatic rings. The van der Waals surface area contributed by atoms with E-state index < -0.39 is 11.8 Å². The van der Waals surface area contributed by atoms with Gasteiger partial charge < -0.3 is 5.32 Å². The van der Waals surface area contributed by atoms with Crippen LogP contribution in [0, 0.1) is 6.92 Å². The van der Waals surface area contributed by atoms with E-state index >= 15 is 0 Å². The summed E-state index contributed by atoms with van der Waals surface area (Å²) in [7, 11) is 0. The number of aromatic nitrogens is 1. The monoisotopic (exact) mass is 473 g/mol. The van der Waals surface area contributed by atoms with Crippen molar-refractivity contribution in [2.24, 2.45) is 0 Å². The SMILES string of the molecule is Cc1nc(-c2ccccc2)c(C(=O)Nc2ccc(N3C(=O)c4ccccc4C3=O)c(Cl)c2)s1. The first-order valence-corrected chi connectivity index (χ1v) is 11.2. The molecule has 162 valence electrons. The summed E-state index contributed by atoms with van der Waals surface area (Å²) in [6.45, 7) is 1.85. The number of nitrogens with zero attached hydrogens (tertiary/aromatic N) is 2. The Balaban J connectivity index is 1.41. The molecule has 6 nitrogen and oxygen atoms in total. The first kappa shape index (κ1) is 21.1. The second kappa shape index (κ2) is 8.27. The van der Waals surface area contributed by atoms with Crippen LogP contribution in [0.5, 0.6) is 0 Å². The van der Waals surface area contributed by atoms with Crippen molar-refractivity contribution >= 4 is 52.0 Å². The van der Waals surface area contributed by atoms with E-state index in [1.165, 1.54) is 17.4 Å². The largest absolute Gasteiger partial charge is 0.321 e. The fourth-order valence-electron chi connectivity index (χ4n) is 3.73. The lowest BCUT2D eigenvalue weighted by Crippen LogP contribution is -2.29. The molecule has 8 heteroatoms. The summed E-state index contributed by atoms with van der Waals surface area (Å²) in [5.41, 5.74) is 2.85. The lowest BCUT2D eigenvalue weighted by molar-refractivity contribution is 0.0924. The predicted molar refractivity (Wildman–Crippen MR) is 129 cm³/mol. The van der Waals surface area contributed by atoms with Crippen molar-refractivity contribution in [3.8, 4) is 11.3 Å². The number of carbonyl (C=O) groups is 3. The molecule has 5 rings (SSSR count). The van der Waals surface area contributed by atoms with Gasteiger partial charge in [-0.3, -0.25) is 14.4 Å². The number of amides is 3. The van der Waals surface area contributed by atoms with Crippen molar-refractivity contribution in [3.63, 3.8) is 0 Å². The molecule has 3 aromatic carbocycles. The zero-order chi connectivity index (χ0) is 23.1. The van der Waals surface area contributed by atoms with Crippen LogP contribution in [0.1, 0.15) is 35.4 Å². The van der Waals surface area contributed by atoms with Gasteiger partial charge in [0, 0.05) is 11.3 Å². The van der Waals surface area contributed by atoms with E-state index in [4.69, 9.17) is 11.6 Å². The summed E-state index contributed by atoms with van der Waals surface area (Å²) in [5, 5.41) is 3.79. The molecule has 0 radical (unpaired) electrons. The third kappa shape index (κ3) is 3.71. The Hall–Kier alpha value is -3.81. The molecule has 0 bridgehead atoms. The van der Waals surface area contributed by atoms with Gasteiger partial charge in [0.1, 0.15) is 4.88 Å². The van der Waals surface area contributed by atoms with Gasteiger partial charge in [-0.25, -0.2) is 9.88 Å². The predicted octanol–water partition coefficient (Wildman–Crippen LogP) is 5.82. The van der Waals surface area contributed by atoms with Crippen LogP contribution in [0.3, 0.4) is 0 Å². The van der Waals surface area contributed by atoms with Crippen molar-refractivity contribution in [2.45, 2.75) is 6.92 Å². The zero-order valence-corrected chi connectivity index (χ0v) is 18.9. The average molecular weight is 474 g/mol. The molecule has 1 aliphatic heterocycles. The lowest BCUT2D eigenvalue weighted by atomic mass is 10.1. The Morgan fingerprint density at radius 1 is 0.939 bits per heavy atom. The molecule has 0 spiro atoms. The molecule has 2 heterocycles. The number of anilines is 2. The molecule has 33 heavy (non-hydrogen) atoms. The molecule has 3 amide bonds. The van der Waals surface area contributed by atoms with Gasteiger partial charge in [0.15, 0.2) is 0 Å². The van der Waals surface area contributed by atoms with Gasteiger partial charge in [-0.1, -0.05) is 54.1 Å². The number of halogens is 1. The number of fused-ring (bicyclic) bond motifs is 1. The normalized spacial score (nSPS) is 12.7. The number of hydrogen-bond acceptors (Lipinski definition) is 5. The van der Waals surface area contributed by atoms with Crippen LogP contribution in [0.4, 0.5) is 11.4 Å². The van der Waals surface area contributed by atoms with Crippen LogP contribution in [-0.2, 0) is 0 Å². The summed E-state index contributed by atoms with van der Waals surface area (Å²) in [4.78, 5) is 44.6. The first-order chi connectivity index (χ1) is 15.9. The summed E-state index contributed by atoms with van der Waals surface area (Å²) in [6.07, 6.45) is 0. The van der Waals surface area contributed by atoms with Crippen molar-refractivity contribution in [2.75, 3.05) is 10.2 Å². The molecule has 0 atom stereocenters. The van der Waals surface area contributed by atoms with Gasteiger partial charge in [0.05, 0.1) is 32.5 Å². The van der Waals surface area contributed by atoms with Gasteiger partial charge in [-0.15, -0.1) is 11.3 Å². The van der Waals surface area contributed by atoms with E-state index in [1.54, 1.807) is 36.4 Å². The standard InChI is InChI=1S/C25H16ClN3O3S/c1-14-27-21(15-7-3-2-4-8-15)22(33-14)23(30)28-16-11-12-20(19(26)13-16)29-24(31)17-9-5-6-10-18(17)25(29)32/h2-13H,1H3,(H,28,30). The number of aryl methyl sites for hydroxylation is 1. The molecule has 0 saturated carbocycles. The minimum Gasteiger partial charge on any atom is -0.321 e. The highest BCUT2D eigenvalue weighted by atomic mass is 35.5. The maximum Gasteiger partial charge on any atom is 0.268 e. The summed E-state index contributed by atoms with van der Waals surface area (Å²) in [5.74, 6) is -1.17. The van der Waals surface area contributed by atoms with Crippen molar-refractivity contribution in [1.29, 1.82) is 0 Å². The van der Waals surface area contributed by atoms with E-state index in [1.807, 2.05) is 37.3 Å². The van der Waals surface area contributed by atoms with E-state index in [-0.39, 0.29) is 16.6 Å². The zero-order valence-electron chi connectivity index (χ0n) is 17.3. The highest BCUT2D eigenvalue weighted by molar-refractivity contribution is 7.14. The average Bonchev–Trinajstić information content (AvgIpc) is 3.33. The number of imide groups is 1. The molecule has 0 saturated heterocycles. The number of benzene rings is 3. The van der Waals surface area contributed by atoms with Crippen molar-refractivity contribution < 1.29 is 14.4 Å². The Kier molecular flexibility index (Phi) is 5.28. The van der Waals surface area contributed by atoms with Crippen LogP contribution in [0.15, 0.2) is 72.8 Å². The summed E-state index contributed by atoms with van der Waals surface area (Å²) >= 11 is 7.74. The van der Waals surface area contributed by atoms with Gasteiger partial charge in [0.2, 0.25) is 0 Å². The summed E-state index contributed by atoms with van der Waals surface area (Å²) < 4.78 is 0. The van der Waals surface area contributed by atoms with E-state index in [0.29, 0.717) is 27.4 Å². The van der Waals surface area contributed by atoms with E-state index in [0.717, 1.165) is 15.5 Å². The molecule has 1 N–H and O–H groups in total. The molecule has 4 aromatic rings. The molecular formula is C25H16ClN3O3S. The van der Waals surface area contributed by atoms with Crippen LogP contribution in [0.2, 0.25) is 5.02 Å². The highest BCUT2D eigenvalue weighted by Gasteiger charge is 2.37. The quantitative estimate of drug-likeness (QED) is 0.378. The van der Waals surface area contributed by atoms with Crippen LogP contribution in [-0.4, -0.2) is 22.7 Å². The van der Waals surface area contributed by atoms with Gasteiger partial charge >= 0.3 is 0 Å². The van der Waals surface area contributed by atoms with Crippen LogP contribution < -0.4 is 10.2 Å². The Labute approximate surface area is 198 Å². The van der Waals surface area contributed by atoms with Crippen LogP contribution >= 0.6 is 22.9 Å². The first-order valence-electron chi connectivity index (χ1n) is 10.1. The van der Waals surface area contributed by atoms with E-state index in [2.05, 4.69) is 10.3 Å². The molecule has 0 aliphatic carbocycles. The number of hydrogen-bond donors (Lipinski definition) is 1. The summed E-state index contributed by atoms with van der Waals surface area (Å²) in [6, 6.07) is 20.8. The number of carbonyl (C=O) groups excluding carboxylic acids is 3. The fraction of sp³-hybridized carbons (Fsp3) is 0.0400. The van der Waals surface area contributed by atoms with E-state index in [9.17, 15) is 14.4 Å². The second-order valence-electron chi connectivity index (χ2n) is 7.39. The smallest absolute Gasteiger partial charge is 0.268 e. The Morgan fingerprint density at radius 2 is 1.58 bits per heavy atom. The fourth-order valence-corrected chi connectivity index (χ4v) is 4.84. The third-order valence-electron chi connectivity index (χ3n) is 5.23. The van der Waals surface area contributed by atoms with Crippen molar-refractivity contribution in [1.82, 2.24) is 4.98 Å². The Morgan fingerprint density at radius 3 is 2.21 bits per heavy atom. The number of thiazole rings is 1. The minimum absolute atomic E-state index is 0.172.